The van der Waals surface area contributed by atoms with Gasteiger partial charge in [-0.05, 0) is 31.5 Å². The number of amides is 1. The molecule has 0 aliphatic carbocycles. The quantitative estimate of drug-likeness (QED) is 0.919. The Hall–Kier alpha value is -2.11. The van der Waals surface area contributed by atoms with Gasteiger partial charge in [-0.15, -0.1) is 0 Å². The van der Waals surface area contributed by atoms with E-state index in [1.807, 2.05) is 19.1 Å². The Bertz CT molecular complexity index is 562. The zero-order valence-electron chi connectivity index (χ0n) is 12.0. The van der Waals surface area contributed by atoms with E-state index in [1.54, 1.807) is 19.1 Å². The summed E-state index contributed by atoms with van der Waals surface area (Å²) in [6, 6.07) is 7.25. The summed E-state index contributed by atoms with van der Waals surface area (Å²) < 4.78 is 19.5. The molecule has 0 aromatic heterocycles. The summed E-state index contributed by atoms with van der Waals surface area (Å²) in [4.78, 5) is 24.2. The maximum Gasteiger partial charge on any atom is 0.343 e. The molecule has 1 aliphatic heterocycles. The third kappa shape index (κ3) is 3.32. The Morgan fingerprint density at radius 1 is 1.48 bits per heavy atom. The number of nitrogens with zero attached hydrogens (tertiary/aromatic N) is 1. The van der Waals surface area contributed by atoms with Crippen LogP contribution in [0, 0.1) is 6.92 Å². The fourth-order valence-electron chi connectivity index (χ4n) is 2.34. The number of halogens is 1. The Balaban J connectivity index is 1.99. The van der Waals surface area contributed by atoms with E-state index < -0.39 is 30.2 Å². The minimum Gasteiger partial charge on any atom is -0.481 e. The topological polar surface area (TPSA) is 66.8 Å². The molecule has 6 heteroatoms. The van der Waals surface area contributed by atoms with Gasteiger partial charge in [0.25, 0.3) is 5.91 Å². The van der Waals surface area contributed by atoms with Gasteiger partial charge in [-0.1, -0.05) is 12.1 Å². The lowest BCUT2D eigenvalue weighted by Gasteiger charge is -2.22. The molecule has 1 fully saturated rings. The van der Waals surface area contributed by atoms with Crippen molar-refractivity contribution in [3.05, 3.63) is 29.8 Å². The van der Waals surface area contributed by atoms with Gasteiger partial charge in [0, 0.05) is 13.0 Å². The van der Waals surface area contributed by atoms with E-state index in [0.29, 0.717) is 5.75 Å². The second-order valence-corrected chi connectivity index (χ2v) is 5.36. The monoisotopic (exact) mass is 295 g/mol. The summed E-state index contributed by atoms with van der Waals surface area (Å²) in [5, 5.41) is 8.83. The molecule has 21 heavy (non-hydrogen) atoms. The fourth-order valence-corrected chi connectivity index (χ4v) is 2.34. The van der Waals surface area contributed by atoms with Gasteiger partial charge in [0.05, 0.1) is 6.54 Å². The van der Waals surface area contributed by atoms with Crippen molar-refractivity contribution >= 4 is 11.9 Å². The van der Waals surface area contributed by atoms with Gasteiger partial charge < -0.3 is 14.7 Å². The van der Waals surface area contributed by atoms with E-state index in [2.05, 4.69) is 0 Å². The lowest BCUT2D eigenvalue weighted by Crippen LogP contribution is -2.43. The number of hydrogen-bond acceptors (Lipinski definition) is 3. The van der Waals surface area contributed by atoms with E-state index in [4.69, 9.17) is 9.84 Å². The van der Waals surface area contributed by atoms with E-state index in [0.717, 1.165) is 5.56 Å². The molecule has 5 nitrogen and oxygen atoms in total. The van der Waals surface area contributed by atoms with Gasteiger partial charge in [0.15, 0.2) is 6.10 Å². The Labute approximate surface area is 122 Å². The van der Waals surface area contributed by atoms with Crippen molar-refractivity contribution in [3.63, 3.8) is 0 Å². The molecule has 2 unspecified atom stereocenters. The summed E-state index contributed by atoms with van der Waals surface area (Å²) in [5.41, 5.74) is -1.35. The van der Waals surface area contributed by atoms with Crippen LogP contribution in [0.5, 0.6) is 5.75 Å². The van der Waals surface area contributed by atoms with Crippen molar-refractivity contribution in [3.8, 4) is 5.75 Å². The molecule has 1 saturated heterocycles. The Morgan fingerprint density at radius 2 is 2.19 bits per heavy atom. The molecule has 0 bridgehead atoms. The van der Waals surface area contributed by atoms with Crippen LogP contribution in [-0.4, -0.2) is 46.7 Å². The number of hydrogen-bond donors (Lipinski definition) is 1. The predicted molar refractivity (Wildman–Crippen MR) is 73.9 cm³/mol. The maximum absolute atomic E-state index is 14.0. The number of alkyl halides is 1. The van der Waals surface area contributed by atoms with Crippen molar-refractivity contribution in [1.29, 1.82) is 0 Å². The summed E-state index contributed by atoms with van der Waals surface area (Å²) in [6.45, 7) is 3.14. The number of carboxylic acids is 1. The van der Waals surface area contributed by atoms with E-state index in [-0.39, 0.29) is 13.0 Å². The van der Waals surface area contributed by atoms with Crippen LogP contribution in [0.3, 0.4) is 0 Å². The first-order valence-electron chi connectivity index (χ1n) is 6.76. The zero-order chi connectivity index (χ0) is 15.6. The first-order valence-corrected chi connectivity index (χ1v) is 6.76. The predicted octanol–water partition coefficient (Wildman–Crippen LogP) is 1.79. The molecular weight excluding hydrogens is 277 g/mol. The minimum absolute atomic E-state index is 0.0865. The Morgan fingerprint density at radius 3 is 2.76 bits per heavy atom. The lowest BCUT2D eigenvalue weighted by atomic mass is 10.1. The van der Waals surface area contributed by atoms with Gasteiger partial charge >= 0.3 is 5.97 Å². The van der Waals surface area contributed by atoms with Crippen molar-refractivity contribution in [1.82, 2.24) is 4.90 Å². The number of aryl methyl sites for hydroxylation is 1. The molecule has 1 aromatic carbocycles. The minimum atomic E-state index is -2.35. The third-order valence-corrected chi connectivity index (χ3v) is 3.56. The summed E-state index contributed by atoms with van der Waals surface area (Å²) in [6.07, 6.45) is -0.978. The number of benzene rings is 1. The van der Waals surface area contributed by atoms with Crippen molar-refractivity contribution in [2.24, 2.45) is 0 Å². The standard InChI is InChI=1S/C15H18FNO4/c1-10-4-3-5-12(8-10)21-11(2)13(18)17-7-6-15(16,9-17)14(19)20/h3-5,8,11H,6-7,9H2,1-2H3,(H,19,20). The van der Waals surface area contributed by atoms with Crippen LogP contribution in [0.2, 0.25) is 0 Å². The highest BCUT2D eigenvalue weighted by Gasteiger charge is 2.47. The molecular formula is C15H18FNO4. The van der Waals surface area contributed by atoms with E-state index >= 15 is 0 Å². The van der Waals surface area contributed by atoms with Crippen LogP contribution in [0.25, 0.3) is 0 Å². The lowest BCUT2D eigenvalue weighted by molar-refractivity contribution is -0.150. The van der Waals surface area contributed by atoms with Crippen LogP contribution in [0.15, 0.2) is 24.3 Å². The smallest absolute Gasteiger partial charge is 0.343 e. The average molecular weight is 295 g/mol. The largest absolute Gasteiger partial charge is 0.481 e. The molecule has 0 radical (unpaired) electrons. The molecule has 1 aliphatic rings. The van der Waals surface area contributed by atoms with Crippen molar-refractivity contribution in [2.75, 3.05) is 13.1 Å². The van der Waals surface area contributed by atoms with Crippen LogP contribution in [0.1, 0.15) is 18.9 Å². The number of likely N-dealkylation sites (tertiary alicyclic amines) is 1. The first kappa shape index (κ1) is 15.3. The maximum atomic E-state index is 14.0. The second-order valence-electron chi connectivity index (χ2n) is 5.36. The highest BCUT2D eigenvalue weighted by atomic mass is 19.1. The van der Waals surface area contributed by atoms with Crippen LogP contribution < -0.4 is 4.74 Å². The first-order chi connectivity index (χ1) is 9.82. The molecule has 1 heterocycles. The molecule has 2 rings (SSSR count). The highest BCUT2D eigenvalue weighted by Crippen LogP contribution is 2.27. The molecule has 0 saturated carbocycles. The molecule has 1 amide bonds. The molecule has 1 aromatic rings. The summed E-state index contributed by atoms with van der Waals surface area (Å²) in [5.74, 6) is -1.37. The number of carboxylic acid groups (broad SMARTS) is 1. The molecule has 2 atom stereocenters. The molecule has 114 valence electrons. The highest BCUT2D eigenvalue weighted by molar-refractivity contribution is 5.84. The zero-order valence-corrected chi connectivity index (χ0v) is 12.0. The molecule has 1 N–H and O–H groups in total. The van der Waals surface area contributed by atoms with Crippen molar-refractivity contribution in [2.45, 2.75) is 32.0 Å². The van der Waals surface area contributed by atoms with Gasteiger partial charge in [0.2, 0.25) is 5.67 Å². The van der Waals surface area contributed by atoms with Gasteiger partial charge in [0.1, 0.15) is 5.75 Å². The normalized spacial score (nSPS) is 22.9. The number of aliphatic carboxylic acids is 1. The van der Waals surface area contributed by atoms with Gasteiger partial charge in [-0.2, -0.15) is 0 Å². The second kappa shape index (κ2) is 5.71. The van der Waals surface area contributed by atoms with Crippen LogP contribution in [0.4, 0.5) is 4.39 Å². The van der Waals surface area contributed by atoms with Gasteiger partial charge in [-0.25, -0.2) is 9.18 Å². The van der Waals surface area contributed by atoms with Gasteiger partial charge in [-0.3, -0.25) is 4.79 Å². The number of rotatable bonds is 4. The third-order valence-electron chi connectivity index (χ3n) is 3.56. The van der Waals surface area contributed by atoms with E-state index in [9.17, 15) is 14.0 Å². The number of carbonyl (C=O) groups is 2. The van der Waals surface area contributed by atoms with Crippen LogP contribution in [-0.2, 0) is 9.59 Å². The molecule has 0 spiro atoms. The fraction of sp³-hybridized carbons (Fsp3) is 0.467. The Kier molecular flexibility index (Phi) is 4.16. The summed E-state index contributed by atoms with van der Waals surface area (Å²) in [7, 11) is 0. The average Bonchev–Trinajstić information content (AvgIpc) is 2.82. The number of carbonyl (C=O) groups excluding carboxylic acids is 1. The number of ether oxygens (including phenoxy) is 1. The SMILES string of the molecule is Cc1cccc(OC(C)C(=O)N2CCC(F)(C(=O)O)C2)c1. The van der Waals surface area contributed by atoms with E-state index in [1.165, 1.54) is 4.90 Å². The van der Waals surface area contributed by atoms with Crippen molar-refractivity contribution < 1.29 is 23.8 Å². The van der Waals surface area contributed by atoms with Crippen LogP contribution >= 0.6 is 0 Å². The summed E-state index contributed by atoms with van der Waals surface area (Å²) >= 11 is 0.